The highest BCUT2D eigenvalue weighted by Crippen LogP contribution is 2.19. The van der Waals surface area contributed by atoms with Crippen molar-refractivity contribution in [3.05, 3.63) is 130 Å². The van der Waals surface area contributed by atoms with Crippen LogP contribution in [0, 0.1) is 0 Å². The van der Waals surface area contributed by atoms with Gasteiger partial charge in [-0.3, -0.25) is 4.79 Å². The molecule has 4 rings (SSSR count). The minimum atomic E-state index is -0.805. The lowest BCUT2D eigenvalue weighted by atomic mass is 10.1. The van der Waals surface area contributed by atoms with Crippen LogP contribution in [0.1, 0.15) is 27.0 Å². The van der Waals surface area contributed by atoms with Gasteiger partial charge in [0.15, 0.2) is 0 Å². The van der Waals surface area contributed by atoms with E-state index in [2.05, 4.69) is 21.2 Å². The van der Waals surface area contributed by atoms with Gasteiger partial charge in [0.1, 0.15) is 30.8 Å². The van der Waals surface area contributed by atoms with Crippen LogP contribution in [0.2, 0.25) is 0 Å². The maximum Gasteiger partial charge on any atom is 0.328 e. The van der Waals surface area contributed by atoms with Crippen molar-refractivity contribution in [3.63, 3.8) is 0 Å². The van der Waals surface area contributed by atoms with Gasteiger partial charge in [-0.2, -0.15) is 0 Å². The summed E-state index contributed by atoms with van der Waals surface area (Å²) in [4.78, 5) is 25.1. The van der Waals surface area contributed by atoms with Crippen molar-refractivity contribution >= 4 is 27.8 Å². The third kappa shape index (κ3) is 7.95. The maximum absolute atomic E-state index is 12.8. The zero-order valence-corrected chi connectivity index (χ0v) is 22.5. The zero-order valence-electron chi connectivity index (χ0n) is 20.9. The quantitative estimate of drug-likeness (QED) is 0.219. The molecule has 1 N–H and O–H groups in total. The summed E-state index contributed by atoms with van der Waals surface area (Å²) in [5.74, 6) is 0.519. The summed E-state index contributed by atoms with van der Waals surface area (Å²) in [6, 6.07) is 31.3. The molecular weight excluding hydrogens is 546 g/mol. The molecule has 7 heteroatoms. The van der Waals surface area contributed by atoms with Crippen molar-refractivity contribution in [1.82, 2.24) is 5.32 Å². The first-order chi connectivity index (χ1) is 18.5. The van der Waals surface area contributed by atoms with Gasteiger partial charge in [-0.1, -0.05) is 70.5 Å². The van der Waals surface area contributed by atoms with Crippen molar-refractivity contribution in [3.8, 4) is 11.5 Å². The summed E-state index contributed by atoms with van der Waals surface area (Å²) >= 11 is 3.40. The molecule has 0 aliphatic carbocycles. The molecule has 0 aliphatic heterocycles. The Hall–Kier alpha value is -4.10. The first-order valence-electron chi connectivity index (χ1n) is 12.1. The Morgan fingerprint density at radius 3 is 2.11 bits per heavy atom. The van der Waals surface area contributed by atoms with E-state index in [4.69, 9.17) is 14.2 Å². The second-order valence-corrected chi connectivity index (χ2v) is 9.53. The molecule has 0 saturated heterocycles. The van der Waals surface area contributed by atoms with E-state index in [1.54, 1.807) is 24.3 Å². The number of hydrogen-bond acceptors (Lipinski definition) is 5. The van der Waals surface area contributed by atoms with Gasteiger partial charge in [0.05, 0.1) is 7.11 Å². The number of carbonyl (C=O) groups excluding carboxylic acids is 2. The highest BCUT2D eigenvalue weighted by Gasteiger charge is 2.22. The molecule has 0 fully saturated rings. The highest BCUT2D eigenvalue weighted by atomic mass is 79.9. The number of benzene rings is 4. The second kappa shape index (κ2) is 13.4. The first-order valence-corrected chi connectivity index (χ1v) is 12.9. The van der Waals surface area contributed by atoms with Crippen LogP contribution in [0.3, 0.4) is 0 Å². The van der Waals surface area contributed by atoms with Crippen LogP contribution >= 0.6 is 15.9 Å². The Bertz CT molecular complexity index is 1340. The van der Waals surface area contributed by atoms with Gasteiger partial charge in [0, 0.05) is 16.5 Å². The molecule has 0 saturated carbocycles. The molecule has 0 radical (unpaired) electrons. The second-order valence-electron chi connectivity index (χ2n) is 8.61. The molecule has 0 spiro atoms. The van der Waals surface area contributed by atoms with Crippen LogP contribution in [0.15, 0.2) is 108 Å². The molecular formula is C31H28BrNO5. The number of carbonyl (C=O) groups is 2. The van der Waals surface area contributed by atoms with Crippen molar-refractivity contribution in [2.75, 3.05) is 7.11 Å². The van der Waals surface area contributed by atoms with Crippen LogP contribution in [-0.4, -0.2) is 25.0 Å². The number of rotatable bonds is 11. The molecule has 4 aromatic carbocycles. The van der Waals surface area contributed by atoms with E-state index >= 15 is 0 Å². The number of ether oxygens (including phenoxy) is 3. The first kappa shape index (κ1) is 26.9. The van der Waals surface area contributed by atoms with Gasteiger partial charge in [0.2, 0.25) is 0 Å². The highest BCUT2D eigenvalue weighted by molar-refractivity contribution is 9.10. The van der Waals surface area contributed by atoms with E-state index in [-0.39, 0.29) is 5.91 Å². The lowest BCUT2D eigenvalue weighted by Gasteiger charge is -2.17. The number of hydrogen-bond donors (Lipinski definition) is 1. The summed E-state index contributed by atoms with van der Waals surface area (Å²) in [5, 5.41) is 2.77. The number of methoxy groups -OCH3 is 1. The summed E-state index contributed by atoms with van der Waals surface area (Å²) in [6.45, 7) is 0.848. The monoisotopic (exact) mass is 573 g/mol. The van der Waals surface area contributed by atoms with E-state index in [1.165, 1.54) is 7.11 Å². The van der Waals surface area contributed by atoms with Crippen LogP contribution in [0.5, 0.6) is 11.5 Å². The molecule has 38 heavy (non-hydrogen) atoms. The van der Waals surface area contributed by atoms with Gasteiger partial charge in [0.25, 0.3) is 5.91 Å². The molecule has 1 unspecified atom stereocenters. The Kier molecular flexibility index (Phi) is 9.54. The lowest BCUT2D eigenvalue weighted by Crippen LogP contribution is -2.43. The van der Waals surface area contributed by atoms with Crippen molar-refractivity contribution in [2.45, 2.75) is 25.7 Å². The van der Waals surface area contributed by atoms with E-state index in [1.807, 2.05) is 78.9 Å². The van der Waals surface area contributed by atoms with Crippen LogP contribution in [0.25, 0.3) is 0 Å². The number of nitrogens with one attached hydrogen (secondary N) is 1. The van der Waals surface area contributed by atoms with Crippen molar-refractivity contribution in [1.29, 1.82) is 0 Å². The smallest absolute Gasteiger partial charge is 0.328 e. The fourth-order valence-electron chi connectivity index (χ4n) is 3.77. The standard InChI is InChI=1S/C31H28BrNO5/c1-36-31(35)29(19-22-10-14-26(32)15-11-22)33-30(34)25-12-16-27(17-13-25)37-21-24-8-5-9-28(18-24)38-20-23-6-3-2-4-7-23/h2-18,29H,19-21H2,1H3,(H,33,34). The summed E-state index contributed by atoms with van der Waals surface area (Å²) < 4.78 is 17.6. The molecule has 1 amide bonds. The van der Waals surface area contributed by atoms with E-state index in [0.29, 0.717) is 30.9 Å². The molecule has 0 aliphatic rings. The largest absolute Gasteiger partial charge is 0.489 e. The maximum atomic E-state index is 12.8. The van der Waals surface area contributed by atoms with Crippen LogP contribution in [0.4, 0.5) is 0 Å². The minimum absolute atomic E-state index is 0.320. The van der Waals surface area contributed by atoms with Gasteiger partial charge in [-0.05, 0) is 65.2 Å². The van der Waals surface area contributed by atoms with E-state index in [9.17, 15) is 9.59 Å². The van der Waals surface area contributed by atoms with Crippen molar-refractivity contribution < 1.29 is 23.8 Å². The molecule has 0 heterocycles. The molecule has 194 valence electrons. The van der Waals surface area contributed by atoms with Gasteiger partial charge >= 0.3 is 5.97 Å². The van der Waals surface area contributed by atoms with Crippen LogP contribution in [-0.2, 0) is 29.2 Å². The molecule has 1 atom stereocenters. The van der Waals surface area contributed by atoms with E-state index in [0.717, 1.165) is 26.9 Å². The normalized spacial score (nSPS) is 11.3. The minimum Gasteiger partial charge on any atom is -0.489 e. The van der Waals surface area contributed by atoms with Crippen LogP contribution < -0.4 is 14.8 Å². The third-order valence-electron chi connectivity index (χ3n) is 5.81. The Labute approximate surface area is 230 Å². The van der Waals surface area contributed by atoms with Crippen molar-refractivity contribution in [2.24, 2.45) is 0 Å². The number of halogens is 1. The van der Waals surface area contributed by atoms with Gasteiger partial charge < -0.3 is 19.5 Å². The molecule has 6 nitrogen and oxygen atoms in total. The zero-order chi connectivity index (χ0) is 26.7. The average molecular weight is 574 g/mol. The molecule has 0 aromatic heterocycles. The Morgan fingerprint density at radius 1 is 0.737 bits per heavy atom. The fourth-order valence-corrected chi connectivity index (χ4v) is 4.03. The third-order valence-corrected chi connectivity index (χ3v) is 6.34. The predicted octanol–water partition coefficient (Wildman–Crippen LogP) is 6.12. The predicted molar refractivity (Wildman–Crippen MR) is 149 cm³/mol. The number of esters is 1. The van der Waals surface area contributed by atoms with E-state index < -0.39 is 12.0 Å². The Morgan fingerprint density at radius 2 is 1.39 bits per heavy atom. The van der Waals surface area contributed by atoms with Gasteiger partial charge in [-0.15, -0.1) is 0 Å². The number of amides is 1. The molecule has 0 bridgehead atoms. The summed E-state index contributed by atoms with van der Waals surface area (Å²) in [7, 11) is 1.31. The average Bonchev–Trinajstić information content (AvgIpc) is 2.96. The lowest BCUT2D eigenvalue weighted by molar-refractivity contribution is -0.142. The summed E-state index contributed by atoms with van der Waals surface area (Å²) in [5.41, 5.74) is 3.39. The fraction of sp³-hybridized carbons (Fsp3) is 0.161. The Balaban J connectivity index is 1.31. The molecule has 4 aromatic rings. The van der Waals surface area contributed by atoms with Gasteiger partial charge in [-0.25, -0.2) is 4.79 Å². The SMILES string of the molecule is COC(=O)C(Cc1ccc(Br)cc1)NC(=O)c1ccc(OCc2cccc(OCc3ccccc3)c2)cc1. The summed E-state index contributed by atoms with van der Waals surface area (Å²) in [6.07, 6.45) is 0.320. The topological polar surface area (TPSA) is 73.9 Å².